The van der Waals surface area contributed by atoms with Crippen LogP contribution in [0.15, 0.2) is 23.1 Å². The summed E-state index contributed by atoms with van der Waals surface area (Å²) in [6.45, 7) is 5.52. The number of nitrogens with zero attached hydrogens (tertiary/aromatic N) is 2. The molecule has 3 heterocycles. The quantitative estimate of drug-likeness (QED) is 0.531. The van der Waals surface area contributed by atoms with Crippen molar-refractivity contribution in [2.24, 2.45) is 5.92 Å². The first-order valence-corrected chi connectivity index (χ1v) is 11.4. The summed E-state index contributed by atoms with van der Waals surface area (Å²) in [5.41, 5.74) is 0.851. The van der Waals surface area contributed by atoms with Crippen LogP contribution in [0.2, 0.25) is 0 Å². The molecule has 3 aliphatic rings. The van der Waals surface area contributed by atoms with E-state index in [1.807, 2.05) is 18.2 Å². The van der Waals surface area contributed by atoms with Crippen LogP contribution in [-0.4, -0.2) is 65.5 Å². The number of carbonyl (C=O) groups is 2. The monoisotopic (exact) mass is 447 g/mol. The third-order valence-corrected chi connectivity index (χ3v) is 6.71. The summed E-state index contributed by atoms with van der Waals surface area (Å²) in [6.07, 6.45) is 4.17. The number of amides is 2. The van der Waals surface area contributed by atoms with Gasteiger partial charge in [-0.15, -0.1) is 0 Å². The number of thiocarbonyl (C=S) groups is 1. The van der Waals surface area contributed by atoms with E-state index < -0.39 is 0 Å². The fourth-order valence-corrected chi connectivity index (χ4v) is 5.15. The van der Waals surface area contributed by atoms with Crippen molar-refractivity contribution in [2.75, 3.05) is 39.5 Å². The number of piperidine rings is 1. The number of benzene rings is 1. The molecule has 0 radical (unpaired) electrons. The lowest BCUT2D eigenvalue weighted by atomic mass is 10.0. The van der Waals surface area contributed by atoms with Crippen LogP contribution in [0.5, 0.6) is 11.5 Å². The molecule has 1 N–H and O–H groups in total. The van der Waals surface area contributed by atoms with Crippen molar-refractivity contribution in [3.05, 3.63) is 28.7 Å². The van der Waals surface area contributed by atoms with Crippen molar-refractivity contribution in [1.29, 1.82) is 0 Å². The number of nitrogens with one attached hydrogen (secondary N) is 1. The van der Waals surface area contributed by atoms with E-state index in [1.165, 1.54) is 18.2 Å². The zero-order valence-electron chi connectivity index (χ0n) is 16.9. The molecule has 1 unspecified atom stereocenters. The Bertz CT molecular complexity index is 889. The molecule has 0 aliphatic carbocycles. The van der Waals surface area contributed by atoms with Crippen molar-refractivity contribution in [1.82, 2.24) is 15.1 Å². The number of likely N-dealkylation sites (tertiary alicyclic amines) is 1. The first-order valence-electron chi connectivity index (χ1n) is 10.1. The Hall–Kier alpha value is -2.10. The summed E-state index contributed by atoms with van der Waals surface area (Å²) in [7, 11) is 0. The van der Waals surface area contributed by atoms with Gasteiger partial charge in [0.05, 0.1) is 11.4 Å². The van der Waals surface area contributed by atoms with Gasteiger partial charge in [0.1, 0.15) is 4.32 Å². The average Bonchev–Trinajstić information content (AvgIpc) is 3.27. The van der Waals surface area contributed by atoms with Crippen LogP contribution in [0.25, 0.3) is 6.08 Å². The third-order valence-electron chi connectivity index (χ3n) is 5.33. The van der Waals surface area contributed by atoms with Gasteiger partial charge in [0.15, 0.2) is 11.5 Å². The SMILES string of the molecule is CC1CCCN(CC(=O)NCCN2C(=O)/C(=C\c3ccc4c(c3)OCO4)SC2=S)C1. The number of carbonyl (C=O) groups excluding carboxylic acids is 2. The highest BCUT2D eigenvalue weighted by molar-refractivity contribution is 8.26. The Labute approximate surface area is 185 Å². The normalized spacial score (nSPS) is 22.8. The van der Waals surface area contributed by atoms with Gasteiger partial charge in [-0.05, 0) is 49.1 Å². The summed E-state index contributed by atoms with van der Waals surface area (Å²) >= 11 is 6.65. The summed E-state index contributed by atoms with van der Waals surface area (Å²) in [4.78, 5) is 29.3. The molecule has 7 nitrogen and oxygen atoms in total. The van der Waals surface area contributed by atoms with Crippen LogP contribution in [-0.2, 0) is 9.59 Å². The molecule has 0 saturated carbocycles. The van der Waals surface area contributed by atoms with Crippen LogP contribution < -0.4 is 14.8 Å². The van der Waals surface area contributed by atoms with E-state index in [2.05, 4.69) is 17.1 Å². The molecule has 3 aliphatic heterocycles. The molecule has 1 aromatic carbocycles. The second-order valence-electron chi connectivity index (χ2n) is 7.78. The first kappa shape index (κ1) is 21.1. The van der Waals surface area contributed by atoms with Crippen LogP contribution in [0, 0.1) is 5.92 Å². The van der Waals surface area contributed by atoms with E-state index in [1.54, 1.807) is 11.0 Å². The number of ether oxygens (including phenoxy) is 2. The van der Waals surface area contributed by atoms with Crippen molar-refractivity contribution in [3.63, 3.8) is 0 Å². The number of hydrogen-bond donors (Lipinski definition) is 1. The molecule has 2 amide bonds. The van der Waals surface area contributed by atoms with E-state index in [9.17, 15) is 9.59 Å². The van der Waals surface area contributed by atoms with Gasteiger partial charge in [0.2, 0.25) is 12.7 Å². The van der Waals surface area contributed by atoms with Gasteiger partial charge in [-0.1, -0.05) is 37.0 Å². The molecular weight excluding hydrogens is 422 g/mol. The fraction of sp³-hybridized carbons (Fsp3) is 0.476. The summed E-state index contributed by atoms with van der Waals surface area (Å²) in [5, 5.41) is 2.91. The van der Waals surface area contributed by atoms with Gasteiger partial charge < -0.3 is 14.8 Å². The number of thioether (sulfide) groups is 1. The zero-order chi connectivity index (χ0) is 21.1. The summed E-state index contributed by atoms with van der Waals surface area (Å²) < 4.78 is 11.2. The van der Waals surface area contributed by atoms with Crippen molar-refractivity contribution in [2.45, 2.75) is 19.8 Å². The molecule has 30 heavy (non-hydrogen) atoms. The number of hydrogen-bond acceptors (Lipinski definition) is 7. The molecule has 1 aromatic rings. The molecule has 0 spiro atoms. The van der Waals surface area contributed by atoms with Crippen LogP contribution in [0.3, 0.4) is 0 Å². The second kappa shape index (κ2) is 9.36. The minimum atomic E-state index is -0.137. The molecule has 2 saturated heterocycles. The molecule has 4 rings (SSSR count). The van der Waals surface area contributed by atoms with Crippen LogP contribution >= 0.6 is 24.0 Å². The van der Waals surface area contributed by atoms with Crippen molar-refractivity contribution < 1.29 is 19.1 Å². The lowest BCUT2D eigenvalue weighted by Crippen LogP contribution is -2.44. The van der Waals surface area contributed by atoms with E-state index in [0.29, 0.717) is 46.3 Å². The Morgan fingerprint density at radius 3 is 3.03 bits per heavy atom. The van der Waals surface area contributed by atoms with E-state index >= 15 is 0 Å². The van der Waals surface area contributed by atoms with Gasteiger partial charge in [-0.25, -0.2) is 0 Å². The Morgan fingerprint density at radius 1 is 1.37 bits per heavy atom. The highest BCUT2D eigenvalue weighted by atomic mass is 32.2. The lowest BCUT2D eigenvalue weighted by molar-refractivity contribution is -0.124. The molecule has 160 valence electrons. The van der Waals surface area contributed by atoms with Crippen molar-refractivity contribution >= 4 is 46.2 Å². The zero-order valence-corrected chi connectivity index (χ0v) is 18.5. The van der Waals surface area contributed by atoms with Gasteiger partial charge in [0.25, 0.3) is 5.91 Å². The van der Waals surface area contributed by atoms with E-state index in [-0.39, 0.29) is 18.6 Å². The van der Waals surface area contributed by atoms with E-state index in [0.717, 1.165) is 25.1 Å². The van der Waals surface area contributed by atoms with E-state index in [4.69, 9.17) is 21.7 Å². The molecule has 0 aromatic heterocycles. The number of fused-ring (bicyclic) bond motifs is 1. The van der Waals surface area contributed by atoms with Crippen molar-refractivity contribution in [3.8, 4) is 11.5 Å². The summed E-state index contributed by atoms with van der Waals surface area (Å²) in [6, 6.07) is 5.55. The van der Waals surface area contributed by atoms with Crippen LogP contribution in [0.1, 0.15) is 25.3 Å². The van der Waals surface area contributed by atoms with Gasteiger partial charge in [-0.2, -0.15) is 0 Å². The van der Waals surface area contributed by atoms with Gasteiger partial charge in [0, 0.05) is 19.6 Å². The first-order chi connectivity index (χ1) is 14.5. The minimum Gasteiger partial charge on any atom is -0.454 e. The largest absolute Gasteiger partial charge is 0.454 e. The predicted molar refractivity (Wildman–Crippen MR) is 120 cm³/mol. The smallest absolute Gasteiger partial charge is 0.266 e. The molecule has 1 atom stereocenters. The topological polar surface area (TPSA) is 71.1 Å². The molecule has 0 bridgehead atoms. The number of rotatable bonds is 6. The van der Waals surface area contributed by atoms with Gasteiger partial charge in [-0.3, -0.25) is 19.4 Å². The fourth-order valence-electron chi connectivity index (χ4n) is 3.84. The Morgan fingerprint density at radius 2 is 2.20 bits per heavy atom. The molecule has 9 heteroatoms. The molecule has 2 fully saturated rings. The Balaban J connectivity index is 1.28. The minimum absolute atomic E-state index is 0.00885. The summed E-state index contributed by atoms with van der Waals surface area (Å²) in [5.74, 6) is 1.87. The highest BCUT2D eigenvalue weighted by Crippen LogP contribution is 2.36. The molecular formula is C21H25N3O4S2. The van der Waals surface area contributed by atoms with Gasteiger partial charge >= 0.3 is 0 Å². The Kier molecular flexibility index (Phi) is 6.60. The average molecular weight is 448 g/mol. The predicted octanol–water partition coefficient (Wildman–Crippen LogP) is 2.46. The van der Waals surface area contributed by atoms with Crippen LogP contribution in [0.4, 0.5) is 0 Å². The lowest BCUT2D eigenvalue weighted by Gasteiger charge is -2.30. The maximum Gasteiger partial charge on any atom is 0.266 e. The third kappa shape index (κ3) is 4.96. The maximum absolute atomic E-state index is 12.8. The second-order valence-corrected chi connectivity index (χ2v) is 9.45. The maximum atomic E-state index is 12.8. The highest BCUT2D eigenvalue weighted by Gasteiger charge is 2.32. The standard InChI is InChI=1S/C21H25N3O4S2/c1-14-3-2-7-23(11-14)12-19(25)22-6-8-24-20(26)18(30-21(24)29)10-15-4-5-16-17(9-15)28-13-27-16/h4-5,9-10,14H,2-3,6-8,11-13H2,1H3,(H,22,25)/b18-10+.